The van der Waals surface area contributed by atoms with Crippen LogP contribution in [-0.2, 0) is 21.6 Å². The lowest BCUT2D eigenvalue weighted by Gasteiger charge is -2.27. The van der Waals surface area contributed by atoms with Crippen molar-refractivity contribution in [2.75, 3.05) is 13.7 Å². The van der Waals surface area contributed by atoms with Gasteiger partial charge in [-0.3, -0.25) is 4.79 Å². The number of ether oxygens (including phenoxy) is 1. The Morgan fingerprint density at radius 3 is 2.68 bits per heavy atom. The number of nitrogens with zero attached hydrogens (tertiary/aromatic N) is 1. The van der Waals surface area contributed by atoms with Gasteiger partial charge in [0.25, 0.3) is 5.91 Å². The summed E-state index contributed by atoms with van der Waals surface area (Å²) in [4.78, 5) is 16.9. The zero-order valence-electron chi connectivity index (χ0n) is 14.1. The van der Waals surface area contributed by atoms with Crippen molar-refractivity contribution in [3.8, 4) is 0 Å². The lowest BCUT2D eigenvalue weighted by molar-refractivity contribution is -0.142. The summed E-state index contributed by atoms with van der Waals surface area (Å²) in [5.74, 6) is -0.372. The fraction of sp³-hybridized carbons (Fsp3) is 0.263. The second kappa shape index (κ2) is 7.03. The molecule has 0 aliphatic rings. The molecule has 25 heavy (non-hydrogen) atoms. The number of benzene rings is 2. The molecule has 1 heterocycles. The number of carbonyl (C=O) groups excluding carboxylic acids is 1. The molecule has 1 unspecified atom stereocenters. The van der Waals surface area contributed by atoms with Crippen LogP contribution in [-0.4, -0.2) is 24.5 Å². The lowest BCUT2D eigenvalue weighted by Crippen LogP contribution is -2.44. The molecule has 0 bridgehead atoms. The number of para-hydroxylation sites is 2. The molecular weight excluding hydrogens is 323 g/mol. The van der Waals surface area contributed by atoms with E-state index >= 15 is 0 Å². The summed E-state index contributed by atoms with van der Waals surface area (Å²) in [6, 6.07) is 13.5. The summed E-state index contributed by atoms with van der Waals surface area (Å²) in [7, 11) is 1.38. The number of halogens is 1. The van der Waals surface area contributed by atoms with Gasteiger partial charge in [-0.25, -0.2) is 9.37 Å². The van der Waals surface area contributed by atoms with Gasteiger partial charge in [0.2, 0.25) is 0 Å². The van der Waals surface area contributed by atoms with Gasteiger partial charge < -0.3 is 14.5 Å². The molecule has 130 valence electrons. The van der Waals surface area contributed by atoms with Crippen LogP contribution in [0.3, 0.4) is 0 Å². The first kappa shape index (κ1) is 17.1. The van der Waals surface area contributed by atoms with Crippen LogP contribution in [0.1, 0.15) is 18.4 Å². The van der Waals surface area contributed by atoms with Crippen LogP contribution < -0.4 is 5.32 Å². The molecular formula is C19H19FN2O3. The van der Waals surface area contributed by atoms with Gasteiger partial charge in [-0.05, 0) is 25.1 Å². The van der Waals surface area contributed by atoms with Crippen LogP contribution in [0.25, 0.3) is 11.1 Å². The molecule has 0 aliphatic carbocycles. The third-order valence-corrected chi connectivity index (χ3v) is 4.19. The zero-order valence-corrected chi connectivity index (χ0v) is 14.1. The van der Waals surface area contributed by atoms with Crippen LogP contribution in [0.5, 0.6) is 0 Å². The second-order valence-corrected chi connectivity index (χ2v) is 5.80. The van der Waals surface area contributed by atoms with E-state index in [1.54, 1.807) is 25.1 Å². The highest BCUT2D eigenvalue weighted by molar-refractivity contribution is 5.86. The Bertz CT molecular complexity index is 860. The maximum Gasteiger partial charge on any atom is 0.256 e. The number of fused-ring (bicyclic) bond motifs is 1. The van der Waals surface area contributed by atoms with Crippen molar-refractivity contribution in [3.63, 3.8) is 0 Å². The third kappa shape index (κ3) is 3.39. The van der Waals surface area contributed by atoms with Crippen LogP contribution in [0.4, 0.5) is 4.39 Å². The number of hydrogen-bond donors (Lipinski definition) is 1. The van der Waals surface area contributed by atoms with E-state index in [9.17, 15) is 9.18 Å². The minimum Gasteiger partial charge on any atom is -0.441 e. The highest BCUT2D eigenvalue weighted by Gasteiger charge is 2.37. The predicted octanol–water partition coefficient (Wildman–Crippen LogP) is 3.19. The van der Waals surface area contributed by atoms with Gasteiger partial charge >= 0.3 is 0 Å². The number of rotatable bonds is 6. The number of amides is 1. The van der Waals surface area contributed by atoms with Gasteiger partial charge in [0.1, 0.15) is 11.3 Å². The van der Waals surface area contributed by atoms with Crippen LogP contribution >= 0.6 is 0 Å². The number of methoxy groups -OCH3 is 1. The quantitative estimate of drug-likeness (QED) is 0.747. The monoisotopic (exact) mass is 342 g/mol. The maximum atomic E-state index is 14.1. The molecule has 5 nitrogen and oxygen atoms in total. The predicted molar refractivity (Wildman–Crippen MR) is 91.5 cm³/mol. The molecule has 6 heteroatoms. The SMILES string of the molecule is COC(C)(C(=O)NCCc1nc2ccccc2o1)c1ccccc1F. The van der Waals surface area contributed by atoms with Gasteiger partial charge in [0, 0.05) is 25.6 Å². The molecule has 0 saturated carbocycles. The number of aromatic nitrogens is 1. The second-order valence-electron chi connectivity index (χ2n) is 5.80. The van der Waals surface area contributed by atoms with Crippen molar-refractivity contribution in [2.24, 2.45) is 0 Å². The summed E-state index contributed by atoms with van der Waals surface area (Å²) in [5.41, 5.74) is 0.262. The fourth-order valence-corrected chi connectivity index (χ4v) is 2.65. The number of carbonyl (C=O) groups is 1. The first-order valence-electron chi connectivity index (χ1n) is 7.97. The average Bonchev–Trinajstić information content (AvgIpc) is 3.04. The maximum absolute atomic E-state index is 14.1. The smallest absolute Gasteiger partial charge is 0.256 e. The summed E-state index contributed by atoms with van der Waals surface area (Å²) in [6.07, 6.45) is 0.428. The molecule has 0 saturated heterocycles. The van der Waals surface area contributed by atoms with Crippen molar-refractivity contribution in [2.45, 2.75) is 18.9 Å². The summed E-state index contributed by atoms with van der Waals surface area (Å²) < 4.78 is 25.0. The highest BCUT2D eigenvalue weighted by atomic mass is 19.1. The van der Waals surface area contributed by atoms with Crippen LogP contribution in [0, 0.1) is 5.82 Å². The molecule has 3 aromatic rings. The van der Waals surface area contributed by atoms with E-state index in [1.807, 2.05) is 24.3 Å². The minimum absolute atomic E-state index is 0.192. The van der Waals surface area contributed by atoms with E-state index in [0.29, 0.717) is 24.4 Å². The first-order chi connectivity index (χ1) is 12.0. The average molecular weight is 342 g/mol. The summed E-state index contributed by atoms with van der Waals surface area (Å²) >= 11 is 0. The van der Waals surface area contributed by atoms with Crippen molar-refractivity contribution in [3.05, 3.63) is 65.8 Å². The van der Waals surface area contributed by atoms with E-state index in [-0.39, 0.29) is 5.56 Å². The van der Waals surface area contributed by atoms with Gasteiger partial charge in [0.05, 0.1) is 0 Å². The van der Waals surface area contributed by atoms with Crippen molar-refractivity contribution >= 4 is 17.0 Å². The molecule has 0 fully saturated rings. The first-order valence-corrected chi connectivity index (χ1v) is 7.97. The van der Waals surface area contributed by atoms with E-state index in [2.05, 4.69) is 10.3 Å². The number of hydrogen-bond acceptors (Lipinski definition) is 4. The Kier molecular flexibility index (Phi) is 4.81. The van der Waals surface area contributed by atoms with E-state index in [0.717, 1.165) is 5.52 Å². The molecule has 3 rings (SSSR count). The van der Waals surface area contributed by atoms with Gasteiger partial charge in [-0.15, -0.1) is 0 Å². The fourth-order valence-electron chi connectivity index (χ4n) is 2.65. The molecule has 2 aromatic carbocycles. The Morgan fingerprint density at radius 2 is 1.96 bits per heavy atom. The van der Waals surface area contributed by atoms with Gasteiger partial charge in [-0.1, -0.05) is 30.3 Å². The normalized spacial score (nSPS) is 13.6. The Hall–Kier alpha value is -2.73. The van der Waals surface area contributed by atoms with Crippen molar-refractivity contribution < 1.29 is 18.3 Å². The number of oxazole rings is 1. The van der Waals surface area contributed by atoms with Gasteiger partial charge in [-0.2, -0.15) is 0 Å². The van der Waals surface area contributed by atoms with E-state index in [1.165, 1.54) is 13.2 Å². The molecule has 1 aromatic heterocycles. The van der Waals surface area contributed by atoms with Crippen molar-refractivity contribution in [1.29, 1.82) is 0 Å². The molecule has 0 aliphatic heterocycles. The Balaban J connectivity index is 1.67. The van der Waals surface area contributed by atoms with E-state index in [4.69, 9.17) is 9.15 Å². The molecule has 0 radical (unpaired) electrons. The highest BCUT2D eigenvalue weighted by Crippen LogP contribution is 2.27. The topological polar surface area (TPSA) is 64.4 Å². The van der Waals surface area contributed by atoms with E-state index < -0.39 is 17.3 Å². The standard InChI is InChI=1S/C19H19FN2O3/c1-19(24-2,13-7-3-4-8-14(13)20)18(23)21-12-11-17-22-15-9-5-6-10-16(15)25-17/h3-10H,11-12H2,1-2H3,(H,21,23). The van der Waals surface area contributed by atoms with Crippen molar-refractivity contribution in [1.82, 2.24) is 10.3 Å². The molecule has 1 amide bonds. The largest absolute Gasteiger partial charge is 0.441 e. The minimum atomic E-state index is -1.41. The zero-order chi connectivity index (χ0) is 17.9. The van der Waals surface area contributed by atoms with Crippen LogP contribution in [0.2, 0.25) is 0 Å². The molecule has 1 atom stereocenters. The van der Waals surface area contributed by atoms with Crippen LogP contribution in [0.15, 0.2) is 52.9 Å². The molecule has 1 N–H and O–H groups in total. The van der Waals surface area contributed by atoms with Gasteiger partial charge in [0.15, 0.2) is 17.1 Å². The lowest BCUT2D eigenvalue weighted by atomic mass is 9.94. The Labute approximate surface area is 144 Å². The molecule has 0 spiro atoms. The summed E-state index contributed by atoms with van der Waals surface area (Å²) in [5, 5.41) is 2.76. The summed E-state index contributed by atoms with van der Waals surface area (Å²) in [6.45, 7) is 1.85. The number of nitrogens with one attached hydrogen (secondary N) is 1. The Morgan fingerprint density at radius 1 is 1.24 bits per heavy atom. The third-order valence-electron chi connectivity index (χ3n) is 4.19.